The van der Waals surface area contributed by atoms with Gasteiger partial charge in [0.2, 0.25) is 0 Å². The zero-order chi connectivity index (χ0) is 16.6. The Bertz CT molecular complexity index is 780. The van der Waals surface area contributed by atoms with E-state index in [2.05, 4.69) is 4.98 Å². The topological polar surface area (TPSA) is 57.0 Å². The maximum Gasteiger partial charge on any atom is 0.417 e. The number of hydrogen-bond acceptors (Lipinski definition) is 4. The van der Waals surface area contributed by atoms with E-state index in [-0.39, 0.29) is 12.1 Å². The monoisotopic (exact) mass is 337 g/mol. The molecule has 23 heavy (non-hydrogen) atoms. The molecule has 0 saturated heterocycles. The fourth-order valence-corrected chi connectivity index (χ4v) is 3.27. The second-order valence-electron chi connectivity index (χ2n) is 4.97. The number of fused-ring (bicyclic) bond motifs is 1. The quantitative estimate of drug-likeness (QED) is 0.862. The lowest BCUT2D eigenvalue weighted by atomic mass is 10.00. The number of thiazole rings is 1. The molecule has 0 N–H and O–H groups in total. The number of nitrogens with zero attached hydrogens (tertiary/aromatic N) is 3. The van der Waals surface area contributed by atoms with Gasteiger partial charge in [0, 0.05) is 30.1 Å². The molecular weight excluding hydrogens is 327 g/mol. The van der Waals surface area contributed by atoms with E-state index in [0.29, 0.717) is 6.42 Å². The third-order valence-corrected chi connectivity index (χ3v) is 4.49. The average molecular weight is 337 g/mol. The highest BCUT2D eigenvalue weighted by Crippen LogP contribution is 2.41. The summed E-state index contributed by atoms with van der Waals surface area (Å²) in [5.41, 5.74) is -1.28. The van der Waals surface area contributed by atoms with Crippen LogP contribution in [0.2, 0.25) is 0 Å². The second-order valence-corrected chi connectivity index (χ2v) is 5.95. The maximum atomic E-state index is 13.1. The third kappa shape index (κ3) is 2.68. The van der Waals surface area contributed by atoms with Gasteiger partial charge in [-0.25, -0.2) is 4.98 Å². The van der Waals surface area contributed by atoms with Crippen LogP contribution in [-0.2, 0) is 12.6 Å². The molecule has 1 aliphatic rings. The molecule has 0 radical (unpaired) electrons. The summed E-state index contributed by atoms with van der Waals surface area (Å²) < 4.78 is 39.4. The molecule has 0 saturated carbocycles. The van der Waals surface area contributed by atoms with Crippen LogP contribution in [0.25, 0.3) is 0 Å². The summed E-state index contributed by atoms with van der Waals surface area (Å²) >= 11 is 1.40. The Morgan fingerprint density at radius 2 is 2.17 bits per heavy atom. The highest BCUT2D eigenvalue weighted by Gasteiger charge is 2.44. The van der Waals surface area contributed by atoms with Crippen LogP contribution in [0.4, 0.5) is 13.2 Å². The molecule has 0 bridgehead atoms. The molecule has 8 heteroatoms. The first kappa shape index (κ1) is 15.5. The number of halogens is 3. The number of hydrogen-bond donors (Lipinski definition) is 0. The number of rotatable bonds is 3. The Kier molecular flexibility index (Phi) is 3.82. The van der Waals surface area contributed by atoms with Crippen molar-refractivity contribution in [3.05, 3.63) is 51.5 Å². The molecule has 2 aromatic rings. The van der Waals surface area contributed by atoms with Crippen molar-refractivity contribution in [1.82, 2.24) is 9.88 Å². The van der Waals surface area contributed by atoms with Gasteiger partial charge in [0.05, 0.1) is 22.2 Å². The predicted molar refractivity (Wildman–Crippen MR) is 76.7 cm³/mol. The van der Waals surface area contributed by atoms with Gasteiger partial charge in [-0.2, -0.15) is 18.4 Å². The van der Waals surface area contributed by atoms with E-state index in [9.17, 15) is 23.2 Å². The molecule has 0 aliphatic carbocycles. The van der Waals surface area contributed by atoms with Gasteiger partial charge in [0.25, 0.3) is 5.91 Å². The van der Waals surface area contributed by atoms with Crippen LogP contribution >= 0.6 is 11.3 Å². The zero-order valence-corrected chi connectivity index (χ0v) is 12.5. The van der Waals surface area contributed by atoms with E-state index in [1.807, 2.05) is 6.07 Å². The fraction of sp³-hybridized carbons (Fsp3) is 0.267. The van der Waals surface area contributed by atoms with E-state index >= 15 is 0 Å². The van der Waals surface area contributed by atoms with E-state index in [1.165, 1.54) is 28.4 Å². The SMILES string of the molecule is N#CC1c2cccc(C(F)(F)F)c2C(=O)N1CCc1nccs1. The van der Waals surface area contributed by atoms with Gasteiger partial charge in [-0.3, -0.25) is 4.79 Å². The van der Waals surface area contributed by atoms with Gasteiger partial charge in [0.1, 0.15) is 6.04 Å². The van der Waals surface area contributed by atoms with Crippen molar-refractivity contribution in [2.75, 3.05) is 6.54 Å². The van der Waals surface area contributed by atoms with Gasteiger partial charge < -0.3 is 4.90 Å². The maximum absolute atomic E-state index is 13.1. The number of benzene rings is 1. The van der Waals surface area contributed by atoms with Gasteiger partial charge in [-0.05, 0) is 6.07 Å². The Hall–Kier alpha value is -2.40. The summed E-state index contributed by atoms with van der Waals surface area (Å²) in [4.78, 5) is 17.7. The Balaban J connectivity index is 1.96. The van der Waals surface area contributed by atoms with Crippen molar-refractivity contribution >= 4 is 17.2 Å². The second kappa shape index (κ2) is 5.66. The molecule has 1 atom stereocenters. The van der Waals surface area contributed by atoms with Gasteiger partial charge in [-0.15, -0.1) is 11.3 Å². The Labute approximate surface area is 133 Å². The molecule has 0 spiro atoms. The highest BCUT2D eigenvalue weighted by molar-refractivity contribution is 7.09. The molecular formula is C15H10F3N3OS. The predicted octanol–water partition coefficient (Wildman–Crippen LogP) is 3.43. The summed E-state index contributed by atoms with van der Waals surface area (Å²) in [5.74, 6) is -0.754. The van der Waals surface area contributed by atoms with Crippen LogP contribution in [0.15, 0.2) is 29.8 Å². The standard InChI is InChI=1S/C15H10F3N3OS/c16-15(17,18)10-3-1-2-9-11(8-19)21(14(22)13(9)10)6-4-12-20-5-7-23-12/h1-3,5,7,11H,4,6H2. The van der Waals surface area contributed by atoms with Gasteiger partial charge in [-0.1, -0.05) is 12.1 Å². The van der Waals surface area contributed by atoms with Crippen molar-refractivity contribution in [3.8, 4) is 6.07 Å². The van der Waals surface area contributed by atoms with Crippen molar-refractivity contribution < 1.29 is 18.0 Å². The number of alkyl halides is 3. The summed E-state index contributed by atoms with van der Waals surface area (Å²) in [6.07, 6.45) is -2.62. The summed E-state index contributed by atoms with van der Waals surface area (Å²) in [6, 6.07) is 4.43. The first-order valence-electron chi connectivity index (χ1n) is 6.72. The first-order chi connectivity index (χ1) is 10.9. The minimum Gasteiger partial charge on any atom is -0.318 e. The van der Waals surface area contributed by atoms with Crippen LogP contribution in [0.1, 0.15) is 32.5 Å². The van der Waals surface area contributed by atoms with Crippen LogP contribution in [0.3, 0.4) is 0 Å². The normalized spacial score (nSPS) is 17.2. The molecule has 4 nitrogen and oxygen atoms in total. The van der Waals surface area contributed by atoms with Gasteiger partial charge >= 0.3 is 6.18 Å². The zero-order valence-electron chi connectivity index (χ0n) is 11.7. The van der Waals surface area contributed by atoms with Crippen molar-refractivity contribution in [1.29, 1.82) is 5.26 Å². The number of aromatic nitrogens is 1. The minimum absolute atomic E-state index is 0.117. The van der Waals surface area contributed by atoms with Crippen LogP contribution < -0.4 is 0 Å². The van der Waals surface area contributed by atoms with E-state index in [4.69, 9.17) is 0 Å². The van der Waals surface area contributed by atoms with Crippen molar-refractivity contribution in [2.24, 2.45) is 0 Å². The number of carbonyl (C=O) groups excluding carboxylic acids is 1. The summed E-state index contributed by atoms with van der Waals surface area (Å²) in [6.45, 7) is 0.149. The van der Waals surface area contributed by atoms with Gasteiger partial charge in [0.15, 0.2) is 0 Å². The summed E-state index contributed by atoms with van der Waals surface area (Å²) in [5, 5.41) is 11.9. The lowest BCUT2D eigenvalue weighted by molar-refractivity contribution is -0.137. The lowest BCUT2D eigenvalue weighted by Gasteiger charge is -2.19. The molecule has 1 amide bonds. The molecule has 1 aromatic heterocycles. The highest BCUT2D eigenvalue weighted by atomic mass is 32.1. The molecule has 1 aromatic carbocycles. The minimum atomic E-state index is -4.63. The fourth-order valence-electron chi connectivity index (χ4n) is 2.66. The Morgan fingerprint density at radius 3 is 2.78 bits per heavy atom. The third-order valence-electron chi connectivity index (χ3n) is 3.66. The molecule has 3 rings (SSSR count). The first-order valence-corrected chi connectivity index (χ1v) is 7.60. The van der Waals surface area contributed by atoms with E-state index in [0.717, 1.165) is 11.1 Å². The largest absolute Gasteiger partial charge is 0.417 e. The van der Waals surface area contributed by atoms with Crippen LogP contribution in [0, 0.1) is 11.3 Å². The number of carbonyl (C=O) groups is 1. The number of nitriles is 1. The molecule has 1 aliphatic heterocycles. The molecule has 2 heterocycles. The van der Waals surface area contributed by atoms with E-state index in [1.54, 1.807) is 11.6 Å². The average Bonchev–Trinajstić information content (AvgIpc) is 3.10. The van der Waals surface area contributed by atoms with Crippen molar-refractivity contribution in [3.63, 3.8) is 0 Å². The van der Waals surface area contributed by atoms with E-state index < -0.39 is 29.3 Å². The molecule has 118 valence electrons. The Morgan fingerprint density at radius 1 is 1.39 bits per heavy atom. The smallest absolute Gasteiger partial charge is 0.318 e. The van der Waals surface area contributed by atoms with Crippen molar-refractivity contribution in [2.45, 2.75) is 18.6 Å². The summed E-state index contributed by atoms with van der Waals surface area (Å²) in [7, 11) is 0. The van der Waals surface area contributed by atoms with Crippen LogP contribution in [-0.4, -0.2) is 22.3 Å². The molecule has 1 unspecified atom stereocenters. The number of amides is 1. The lowest BCUT2D eigenvalue weighted by Crippen LogP contribution is -2.30. The molecule has 0 fully saturated rings. The van der Waals surface area contributed by atoms with Crippen LogP contribution in [0.5, 0.6) is 0 Å².